The molecule has 0 atom stereocenters. The minimum Gasteiger partial charge on any atom is -0.508 e. The van der Waals surface area contributed by atoms with Crippen molar-refractivity contribution in [3.63, 3.8) is 0 Å². The number of ether oxygens (including phenoxy) is 1. The van der Waals surface area contributed by atoms with Crippen LogP contribution in [0.2, 0.25) is 0 Å². The lowest BCUT2D eigenvalue weighted by molar-refractivity contribution is 0.217. The summed E-state index contributed by atoms with van der Waals surface area (Å²) < 4.78 is 30.2. The van der Waals surface area contributed by atoms with Gasteiger partial charge in [0.25, 0.3) is 0 Å². The normalized spacial score (nSPS) is 11.4. The van der Waals surface area contributed by atoms with Gasteiger partial charge in [-0.05, 0) is 30.7 Å². The molecule has 0 saturated carbocycles. The Bertz CT molecular complexity index is 456. The fourth-order valence-electron chi connectivity index (χ4n) is 1.17. The second-order valence-electron chi connectivity index (χ2n) is 3.41. The van der Waals surface area contributed by atoms with E-state index in [4.69, 9.17) is 4.74 Å². The molecule has 90 valence electrons. The van der Waals surface area contributed by atoms with Crippen LogP contribution in [-0.4, -0.2) is 33.0 Å². The van der Waals surface area contributed by atoms with Crippen LogP contribution in [0.1, 0.15) is 5.56 Å². The zero-order valence-corrected chi connectivity index (χ0v) is 10.0. The van der Waals surface area contributed by atoms with Gasteiger partial charge in [-0.1, -0.05) is 0 Å². The lowest BCUT2D eigenvalue weighted by Crippen LogP contribution is -2.20. The molecule has 1 rings (SSSR count). The Labute approximate surface area is 95.1 Å². The molecule has 1 aromatic carbocycles. The van der Waals surface area contributed by atoms with E-state index in [-0.39, 0.29) is 18.1 Å². The number of rotatable bonds is 5. The van der Waals surface area contributed by atoms with Crippen molar-refractivity contribution in [2.24, 2.45) is 0 Å². The SMILES string of the molecule is COCCS(=O)(=O)Nc1ccc(O)cc1C. The van der Waals surface area contributed by atoms with Gasteiger partial charge in [0.15, 0.2) is 0 Å². The first-order valence-electron chi connectivity index (χ1n) is 4.73. The molecule has 0 aliphatic carbocycles. The zero-order chi connectivity index (χ0) is 12.2. The van der Waals surface area contributed by atoms with Gasteiger partial charge >= 0.3 is 0 Å². The predicted molar refractivity (Wildman–Crippen MR) is 62.1 cm³/mol. The van der Waals surface area contributed by atoms with Crippen molar-refractivity contribution in [2.75, 3.05) is 24.2 Å². The highest BCUT2D eigenvalue weighted by Gasteiger charge is 2.11. The lowest BCUT2D eigenvalue weighted by atomic mass is 10.2. The fourth-order valence-corrected chi connectivity index (χ4v) is 2.23. The number of methoxy groups -OCH3 is 1. The number of phenolic OH excluding ortho intramolecular Hbond substituents is 1. The largest absolute Gasteiger partial charge is 0.508 e. The monoisotopic (exact) mass is 245 g/mol. The van der Waals surface area contributed by atoms with Gasteiger partial charge in [-0.3, -0.25) is 4.72 Å². The summed E-state index contributed by atoms with van der Waals surface area (Å²) in [5.74, 6) is 0.0152. The minimum atomic E-state index is -3.39. The molecule has 0 spiro atoms. The fraction of sp³-hybridized carbons (Fsp3) is 0.400. The van der Waals surface area contributed by atoms with Gasteiger partial charge in [-0.15, -0.1) is 0 Å². The molecular formula is C10H15NO4S. The van der Waals surface area contributed by atoms with Crippen LogP contribution < -0.4 is 4.72 Å². The third-order valence-electron chi connectivity index (χ3n) is 2.03. The van der Waals surface area contributed by atoms with Gasteiger partial charge in [-0.2, -0.15) is 0 Å². The van der Waals surface area contributed by atoms with Crippen molar-refractivity contribution < 1.29 is 18.3 Å². The number of anilines is 1. The summed E-state index contributed by atoms with van der Waals surface area (Å²) in [4.78, 5) is 0. The summed E-state index contributed by atoms with van der Waals surface area (Å²) in [6.07, 6.45) is 0. The van der Waals surface area contributed by atoms with E-state index in [0.717, 1.165) is 0 Å². The molecule has 0 amide bonds. The molecule has 0 aliphatic rings. The van der Waals surface area contributed by atoms with Gasteiger partial charge < -0.3 is 9.84 Å². The van der Waals surface area contributed by atoms with Crippen LogP contribution >= 0.6 is 0 Å². The van der Waals surface area contributed by atoms with Crippen LogP contribution in [0.25, 0.3) is 0 Å². The smallest absolute Gasteiger partial charge is 0.235 e. The van der Waals surface area contributed by atoms with E-state index in [1.54, 1.807) is 6.92 Å². The van der Waals surface area contributed by atoms with Gasteiger partial charge in [-0.25, -0.2) is 8.42 Å². The Kier molecular flexibility index (Phi) is 4.14. The highest BCUT2D eigenvalue weighted by Crippen LogP contribution is 2.21. The molecular weight excluding hydrogens is 230 g/mol. The number of benzene rings is 1. The lowest BCUT2D eigenvalue weighted by Gasteiger charge is -2.10. The van der Waals surface area contributed by atoms with Crippen LogP contribution in [0.3, 0.4) is 0 Å². The maximum absolute atomic E-state index is 11.5. The van der Waals surface area contributed by atoms with Crippen molar-refractivity contribution in [2.45, 2.75) is 6.92 Å². The number of aromatic hydroxyl groups is 1. The van der Waals surface area contributed by atoms with Crippen LogP contribution in [0.5, 0.6) is 5.75 Å². The van der Waals surface area contributed by atoms with Gasteiger partial charge in [0.1, 0.15) is 5.75 Å². The number of sulfonamides is 1. The molecule has 1 aromatic rings. The second-order valence-corrected chi connectivity index (χ2v) is 5.25. The van der Waals surface area contributed by atoms with Gasteiger partial charge in [0.2, 0.25) is 10.0 Å². The third kappa shape index (κ3) is 3.71. The molecule has 16 heavy (non-hydrogen) atoms. The molecule has 0 aliphatic heterocycles. The summed E-state index contributed by atoms with van der Waals surface area (Å²) in [5, 5.41) is 9.18. The first-order valence-corrected chi connectivity index (χ1v) is 6.39. The summed E-state index contributed by atoms with van der Waals surface area (Å²) in [6, 6.07) is 4.45. The molecule has 0 heterocycles. The zero-order valence-electron chi connectivity index (χ0n) is 9.23. The maximum atomic E-state index is 11.5. The van der Waals surface area contributed by atoms with E-state index >= 15 is 0 Å². The molecule has 0 fully saturated rings. The Morgan fingerprint density at radius 3 is 2.69 bits per heavy atom. The Morgan fingerprint density at radius 2 is 2.12 bits per heavy atom. The van der Waals surface area contributed by atoms with Crippen molar-refractivity contribution in [3.05, 3.63) is 23.8 Å². The van der Waals surface area contributed by atoms with Crippen LogP contribution in [-0.2, 0) is 14.8 Å². The van der Waals surface area contributed by atoms with Crippen molar-refractivity contribution >= 4 is 15.7 Å². The number of nitrogens with one attached hydrogen (secondary N) is 1. The van der Waals surface area contributed by atoms with Crippen molar-refractivity contribution in [3.8, 4) is 5.75 Å². The van der Waals surface area contributed by atoms with Crippen LogP contribution in [0, 0.1) is 6.92 Å². The van der Waals surface area contributed by atoms with Crippen LogP contribution in [0.4, 0.5) is 5.69 Å². The third-order valence-corrected chi connectivity index (χ3v) is 3.27. The second kappa shape index (κ2) is 5.18. The molecule has 0 bridgehead atoms. The first kappa shape index (κ1) is 12.8. The summed E-state index contributed by atoms with van der Waals surface area (Å²) in [6.45, 7) is 1.86. The highest BCUT2D eigenvalue weighted by molar-refractivity contribution is 7.92. The molecule has 2 N–H and O–H groups in total. The Hall–Kier alpha value is -1.27. The topological polar surface area (TPSA) is 75.6 Å². The summed E-state index contributed by atoms with van der Waals surface area (Å²) >= 11 is 0. The van der Waals surface area contributed by atoms with E-state index in [2.05, 4.69) is 4.72 Å². The number of hydrogen-bond acceptors (Lipinski definition) is 4. The van der Waals surface area contributed by atoms with E-state index in [0.29, 0.717) is 11.3 Å². The highest BCUT2D eigenvalue weighted by atomic mass is 32.2. The Balaban J connectivity index is 2.80. The average molecular weight is 245 g/mol. The Morgan fingerprint density at radius 1 is 1.44 bits per heavy atom. The van der Waals surface area contributed by atoms with E-state index in [9.17, 15) is 13.5 Å². The van der Waals surface area contributed by atoms with Gasteiger partial charge in [0.05, 0.1) is 18.0 Å². The number of hydrogen-bond donors (Lipinski definition) is 2. The van der Waals surface area contributed by atoms with E-state index < -0.39 is 10.0 Å². The molecule has 0 radical (unpaired) electrons. The average Bonchev–Trinajstić information content (AvgIpc) is 2.19. The van der Waals surface area contributed by atoms with E-state index in [1.807, 2.05) is 0 Å². The van der Waals surface area contributed by atoms with E-state index in [1.165, 1.54) is 25.3 Å². The van der Waals surface area contributed by atoms with Crippen LogP contribution in [0.15, 0.2) is 18.2 Å². The molecule has 0 unspecified atom stereocenters. The summed E-state index contributed by atoms with van der Waals surface area (Å²) in [7, 11) is -1.94. The number of aryl methyl sites for hydroxylation is 1. The quantitative estimate of drug-likeness (QED) is 0.761. The predicted octanol–water partition coefficient (Wildman–Crippen LogP) is 1.09. The molecule has 0 aromatic heterocycles. The molecule has 6 heteroatoms. The maximum Gasteiger partial charge on any atom is 0.235 e. The molecule has 0 saturated heterocycles. The first-order chi connectivity index (χ1) is 7.44. The van der Waals surface area contributed by atoms with Crippen molar-refractivity contribution in [1.82, 2.24) is 0 Å². The molecule has 5 nitrogen and oxygen atoms in total. The van der Waals surface area contributed by atoms with Crippen molar-refractivity contribution in [1.29, 1.82) is 0 Å². The summed E-state index contributed by atoms with van der Waals surface area (Å²) in [5.41, 5.74) is 1.13. The minimum absolute atomic E-state index is 0.0934. The van der Waals surface area contributed by atoms with Gasteiger partial charge in [0, 0.05) is 7.11 Å². The number of phenols is 1. The standard InChI is InChI=1S/C10H15NO4S/c1-8-7-9(12)3-4-10(8)11-16(13,14)6-5-15-2/h3-4,7,11-12H,5-6H2,1-2H3.